The average Bonchev–Trinajstić information content (AvgIpc) is 2.61. The topological polar surface area (TPSA) is 73.2 Å². The van der Waals surface area contributed by atoms with Crippen molar-refractivity contribution in [2.24, 2.45) is 5.92 Å². The van der Waals surface area contributed by atoms with Crippen LogP contribution in [0.5, 0.6) is 0 Å². The fraction of sp³-hybridized carbons (Fsp3) is 0.421. The molecule has 2 heterocycles. The molecule has 0 radical (unpaired) electrons. The van der Waals surface area contributed by atoms with Gasteiger partial charge in [0.25, 0.3) is 5.91 Å². The molecule has 26 heavy (non-hydrogen) atoms. The van der Waals surface area contributed by atoms with Crippen LogP contribution in [0.25, 0.3) is 5.69 Å². The third-order valence-corrected chi connectivity index (χ3v) is 4.55. The van der Waals surface area contributed by atoms with Gasteiger partial charge < -0.3 is 10.1 Å². The van der Waals surface area contributed by atoms with Gasteiger partial charge in [0.05, 0.1) is 6.10 Å². The van der Waals surface area contributed by atoms with Crippen molar-refractivity contribution in [2.45, 2.75) is 32.8 Å². The molecule has 0 spiro atoms. The second-order valence-corrected chi connectivity index (χ2v) is 6.64. The molecule has 1 aliphatic heterocycles. The molecule has 1 aromatic heterocycles. The minimum Gasteiger partial charge on any atom is -0.378 e. The number of carbonyl (C=O) groups is 1. The predicted molar refractivity (Wildman–Crippen MR) is 95.0 cm³/mol. The van der Waals surface area contributed by atoms with Gasteiger partial charge in [-0.15, -0.1) is 0 Å². The minimum absolute atomic E-state index is 0.168. The normalized spacial score (nSPS) is 20.0. The number of nitrogens with one attached hydrogen (secondary N) is 1. The lowest BCUT2D eigenvalue weighted by atomic mass is 9.96. The Hall–Kier alpha value is -2.54. The third kappa shape index (κ3) is 3.99. The van der Waals surface area contributed by atoms with Crippen LogP contribution in [-0.4, -0.2) is 34.9 Å². The second-order valence-electron chi connectivity index (χ2n) is 6.64. The maximum atomic E-state index is 14.1. The number of hydrogen-bond donors (Lipinski definition) is 1. The number of benzene rings is 1. The van der Waals surface area contributed by atoms with Crippen molar-refractivity contribution in [1.82, 2.24) is 15.1 Å². The van der Waals surface area contributed by atoms with E-state index < -0.39 is 17.2 Å². The van der Waals surface area contributed by atoms with Gasteiger partial charge in [-0.25, -0.2) is 9.07 Å². The van der Waals surface area contributed by atoms with Crippen LogP contribution in [-0.2, 0) is 4.74 Å². The number of amides is 1. The summed E-state index contributed by atoms with van der Waals surface area (Å²) in [6.45, 7) is 4.78. The zero-order valence-corrected chi connectivity index (χ0v) is 14.9. The average molecular weight is 359 g/mol. The van der Waals surface area contributed by atoms with Gasteiger partial charge in [-0.1, -0.05) is 12.1 Å². The molecule has 0 saturated carbocycles. The monoisotopic (exact) mass is 359 g/mol. The molecule has 0 bridgehead atoms. The highest BCUT2D eigenvalue weighted by molar-refractivity contribution is 5.92. The van der Waals surface area contributed by atoms with Crippen LogP contribution in [0.3, 0.4) is 0 Å². The van der Waals surface area contributed by atoms with Crippen molar-refractivity contribution in [3.05, 3.63) is 57.8 Å². The second kappa shape index (κ2) is 7.78. The van der Waals surface area contributed by atoms with Crippen molar-refractivity contribution in [3.63, 3.8) is 0 Å². The molecule has 1 saturated heterocycles. The number of para-hydroxylation sites is 1. The molecule has 2 aromatic rings. The number of aryl methyl sites for hydroxylation is 1. The molecule has 7 heteroatoms. The van der Waals surface area contributed by atoms with E-state index in [4.69, 9.17) is 4.74 Å². The first-order valence-electron chi connectivity index (χ1n) is 8.71. The molecule has 1 aliphatic rings. The Kier molecular flexibility index (Phi) is 5.46. The smallest absolute Gasteiger partial charge is 0.275 e. The first-order valence-corrected chi connectivity index (χ1v) is 8.71. The summed E-state index contributed by atoms with van der Waals surface area (Å²) in [6.07, 6.45) is 1.90. The lowest BCUT2D eigenvalue weighted by Gasteiger charge is -2.27. The summed E-state index contributed by atoms with van der Waals surface area (Å²) in [5, 5.41) is 6.89. The number of aromatic nitrogens is 2. The summed E-state index contributed by atoms with van der Waals surface area (Å²) in [6, 6.07) is 7.39. The standard InChI is InChI=1S/C19H22FN3O3/c1-12-9-17(24)18(22-23(12)16-6-4-3-5-15(16)20)19(25)21-11-14-7-8-26-13(2)10-14/h3-6,9,13-14H,7-8,10-11H2,1-2H3,(H,21,25). The van der Waals surface area contributed by atoms with Gasteiger partial charge in [0.15, 0.2) is 5.69 Å². The first-order chi connectivity index (χ1) is 12.5. The SMILES string of the molecule is Cc1cc(=O)c(C(=O)NCC2CCOC(C)C2)nn1-c1ccccc1F. The highest BCUT2D eigenvalue weighted by Gasteiger charge is 2.22. The van der Waals surface area contributed by atoms with Crippen molar-refractivity contribution in [1.29, 1.82) is 0 Å². The van der Waals surface area contributed by atoms with Gasteiger partial charge in [0.2, 0.25) is 5.43 Å². The lowest BCUT2D eigenvalue weighted by molar-refractivity contribution is 0.00300. The van der Waals surface area contributed by atoms with E-state index in [1.807, 2.05) is 6.92 Å². The van der Waals surface area contributed by atoms with E-state index in [0.717, 1.165) is 12.8 Å². The molecule has 2 atom stereocenters. The number of carbonyl (C=O) groups excluding carboxylic acids is 1. The van der Waals surface area contributed by atoms with Gasteiger partial charge in [0.1, 0.15) is 11.5 Å². The Bertz CT molecular complexity index is 865. The largest absolute Gasteiger partial charge is 0.378 e. The Balaban J connectivity index is 1.81. The van der Waals surface area contributed by atoms with E-state index in [0.29, 0.717) is 24.8 Å². The van der Waals surface area contributed by atoms with Crippen LogP contribution in [0.2, 0.25) is 0 Å². The van der Waals surface area contributed by atoms with Crippen LogP contribution in [0.15, 0.2) is 35.1 Å². The molecule has 3 rings (SSSR count). The zero-order valence-electron chi connectivity index (χ0n) is 14.9. The summed E-state index contributed by atoms with van der Waals surface area (Å²) in [5.41, 5.74) is -0.0703. The van der Waals surface area contributed by atoms with E-state index in [1.54, 1.807) is 25.1 Å². The molecule has 1 aromatic carbocycles. The van der Waals surface area contributed by atoms with Crippen LogP contribution in [0, 0.1) is 18.7 Å². The molecule has 1 fully saturated rings. The highest BCUT2D eigenvalue weighted by atomic mass is 19.1. The molecular weight excluding hydrogens is 337 g/mol. The molecule has 2 unspecified atom stereocenters. The molecule has 6 nitrogen and oxygen atoms in total. The highest BCUT2D eigenvalue weighted by Crippen LogP contribution is 2.19. The third-order valence-electron chi connectivity index (χ3n) is 4.55. The summed E-state index contributed by atoms with van der Waals surface area (Å²) in [5.74, 6) is -0.713. The Morgan fingerprint density at radius 1 is 1.42 bits per heavy atom. The van der Waals surface area contributed by atoms with Gasteiger partial charge in [-0.3, -0.25) is 9.59 Å². The molecule has 0 aliphatic carbocycles. The first kappa shape index (κ1) is 18.3. The van der Waals surface area contributed by atoms with Crippen molar-refractivity contribution < 1.29 is 13.9 Å². The van der Waals surface area contributed by atoms with E-state index in [9.17, 15) is 14.0 Å². The fourth-order valence-electron chi connectivity index (χ4n) is 3.17. The number of halogens is 1. The molecular formula is C19H22FN3O3. The van der Waals surface area contributed by atoms with E-state index in [2.05, 4.69) is 10.4 Å². The number of rotatable bonds is 4. The Morgan fingerprint density at radius 2 is 2.19 bits per heavy atom. The van der Waals surface area contributed by atoms with Gasteiger partial charge in [-0.2, -0.15) is 5.10 Å². The van der Waals surface area contributed by atoms with E-state index in [1.165, 1.54) is 16.8 Å². The van der Waals surface area contributed by atoms with Crippen molar-refractivity contribution in [2.75, 3.05) is 13.2 Å². The number of hydrogen-bond acceptors (Lipinski definition) is 4. The van der Waals surface area contributed by atoms with E-state index in [-0.39, 0.29) is 17.5 Å². The maximum Gasteiger partial charge on any atom is 0.275 e. The number of nitrogens with zero attached hydrogens (tertiary/aromatic N) is 2. The summed E-state index contributed by atoms with van der Waals surface area (Å²) >= 11 is 0. The minimum atomic E-state index is -0.542. The van der Waals surface area contributed by atoms with Crippen LogP contribution in [0.4, 0.5) is 4.39 Å². The molecule has 1 N–H and O–H groups in total. The summed E-state index contributed by atoms with van der Waals surface area (Å²) in [4.78, 5) is 24.7. The quantitative estimate of drug-likeness (QED) is 0.909. The van der Waals surface area contributed by atoms with Crippen LogP contribution in [0.1, 0.15) is 35.9 Å². The summed E-state index contributed by atoms with van der Waals surface area (Å²) < 4.78 is 20.8. The van der Waals surface area contributed by atoms with Gasteiger partial charge >= 0.3 is 0 Å². The molecule has 138 valence electrons. The van der Waals surface area contributed by atoms with Gasteiger partial charge in [0, 0.05) is 24.9 Å². The van der Waals surface area contributed by atoms with Crippen LogP contribution < -0.4 is 10.7 Å². The predicted octanol–water partition coefficient (Wildman–Crippen LogP) is 2.22. The Morgan fingerprint density at radius 3 is 2.92 bits per heavy atom. The Labute approximate surface area is 151 Å². The lowest BCUT2D eigenvalue weighted by Crippen LogP contribution is -2.37. The van der Waals surface area contributed by atoms with E-state index >= 15 is 0 Å². The van der Waals surface area contributed by atoms with Crippen molar-refractivity contribution >= 4 is 5.91 Å². The maximum absolute atomic E-state index is 14.1. The number of ether oxygens (including phenoxy) is 1. The van der Waals surface area contributed by atoms with Crippen LogP contribution >= 0.6 is 0 Å². The zero-order chi connectivity index (χ0) is 18.7. The summed E-state index contributed by atoms with van der Waals surface area (Å²) in [7, 11) is 0. The van der Waals surface area contributed by atoms with Crippen molar-refractivity contribution in [3.8, 4) is 5.69 Å². The molecule has 1 amide bonds. The fourth-order valence-corrected chi connectivity index (χ4v) is 3.17. The van der Waals surface area contributed by atoms with Gasteiger partial charge in [-0.05, 0) is 44.7 Å².